The fourth-order valence-electron chi connectivity index (χ4n) is 1.04. The minimum Gasteiger partial charge on any atom is -0.502 e. The van der Waals surface area contributed by atoms with Crippen LogP contribution in [-0.2, 0) is 0 Å². The van der Waals surface area contributed by atoms with Crippen molar-refractivity contribution in [3.63, 3.8) is 0 Å². The lowest BCUT2D eigenvalue weighted by atomic mass is 10.1. The largest absolute Gasteiger partial charge is 0.502 e. The molecule has 0 unspecified atom stereocenters. The zero-order valence-corrected chi connectivity index (χ0v) is 7.57. The Labute approximate surface area is 82.9 Å². The normalized spacial score (nSPS) is 10.4. The number of rotatable bonds is 3. The first-order valence-corrected chi connectivity index (χ1v) is 3.76. The van der Waals surface area contributed by atoms with Crippen molar-refractivity contribution in [3.05, 3.63) is 17.3 Å². The van der Waals surface area contributed by atoms with Gasteiger partial charge in [-0.2, -0.15) is 0 Å². The molecular formula is C8H7F2NO4. The molecule has 0 saturated carbocycles. The van der Waals surface area contributed by atoms with Crippen molar-refractivity contribution in [1.29, 1.82) is 0 Å². The van der Waals surface area contributed by atoms with Gasteiger partial charge < -0.3 is 14.9 Å². The molecule has 82 valence electrons. The Bertz CT molecular complexity index is 394. The van der Waals surface area contributed by atoms with Gasteiger partial charge in [-0.1, -0.05) is 0 Å². The van der Waals surface area contributed by atoms with Gasteiger partial charge in [-0.05, 0) is 0 Å². The molecule has 0 bridgehead atoms. The SMILES string of the molecule is COc1ncc(C(F)F)c(C(=O)O)c1O. The van der Waals surface area contributed by atoms with Crippen molar-refractivity contribution in [3.8, 4) is 11.6 Å². The van der Waals surface area contributed by atoms with E-state index in [0.717, 1.165) is 7.11 Å². The second-order valence-electron chi connectivity index (χ2n) is 2.55. The van der Waals surface area contributed by atoms with Gasteiger partial charge in [-0.25, -0.2) is 18.6 Å². The highest BCUT2D eigenvalue weighted by Crippen LogP contribution is 2.34. The number of carbonyl (C=O) groups is 1. The van der Waals surface area contributed by atoms with Crippen LogP contribution in [0.25, 0.3) is 0 Å². The third kappa shape index (κ3) is 1.95. The molecule has 2 N–H and O–H groups in total. The number of methoxy groups -OCH3 is 1. The minimum absolute atomic E-state index is 0.406. The van der Waals surface area contributed by atoms with Crippen LogP contribution < -0.4 is 4.74 Å². The molecule has 1 aromatic rings. The van der Waals surface area contributed by atoms with E-state index in [1.54, 1.807) is 0 Å². The highest BCUT2D eigenvalue weighted by molar-refractivity contribution is 5.93. The number of pyridine rings is 1. The lowest BCUT2D eigenvalue weighted by Crippen LogP contribution is -2.06. The molecule has 15 heavy (non-hydrogen) atoms. The fourth-order valence-corrected chi connectivity index (χ4v) is 1.04. The lowest BCUT2D eigenvalue weighted by Gasteiger charge is -2.09. The zero-order valence-electron chi connectivity index (χ0n) is 7.57. The third-order valence-electron chi connectivity index (χ3n) is 1.69. The molecule has 0 saturated heterocycles. The molecule has 1 rings (SSSR count). The molecule has 0 spiro atoms. The molecule has 1 aromatic heterocycles. The van der Waals surface area contributed by atoms with Crippen molar-refractivity contribution in [2.45, 2.75) is 6.43 Å². The first kappa shape index (κ1) is 11.2. The molecule has 0 aromatic carbocycles. The maximum Gasteiger partial charge on any atom is 0.340 e. The number of nitrogens with zero attached hydrogens (tertiary/aromatic N) is 1. The first-order valence-electron chi connectivity index (χ1n) is 3.76. The summed E-state index contributed by atoms with van der Waals surface area (Å²) in [5, 5.41) is 17.9. The van der Waals surface area contributed by atoms with Gasteiger partial charge in [-0.3, -0.25) is 0 Å². The van der Waals surface area contributed by atoms with Crippen LogP contribution in [-0.4, -0.2) is 28.3 Å². The summed E-state index contributed by atoms with van der Waals surface area (Å²) in [6, 6.07) is 0. The van der Waals surface area contributed by atoms with E-state index in [4.69, 9.17) is 5.11 Å². The first-order chi connectivity index (χ1) is 6.99. The molecule has 5 nitrogen and oxygen atoms in total. The van der Waals surface area contributed by atoms with Gasteiger partial charge in [0.1, 0.15) is 5.56 Å². The number of aromatic nitrogens is 1. The number of alkyl halides is 2. The van der Waals surface area contributed by atoms with Crippen LogP contribution in [0.4, 0.5) is 8.78 Å². The molecule has 0 aliphatic carbocycles. The van der Waals surface area contributed by atoms with E-state index in [9.17, 15) is 18.7 Å². The quantitative estimate of drug-likeness (QED) is 0.803. The average Bonchev–Trinajstić information content (AvgIpc) is 2.16. The van der Waals surface area contributed by atoms with Crippen LogP contribution in [0.3, 0.4) is 0 Å². The van der Waals surface area contributed by atoms with E-state index in [0.29, 0.717) is 6.20 Å². The molecule has 0 radical (unpaired) electrons. The fraction of sp³-hybridized carbons (Fsp3) is 0.250. The third-order valence-corrected chi connectivity index (χ3v) is 1.69. The monoisotopic (exact) mass is 219 g/mol. The van der Waals surface area contributed by atoms with Crippen LogP contribution in [0.2, 0.25) is 0 Å². The Morgan fingerprint density at radius 2 is 2.20 bits per heavy atom. The van der Waals surface area contributed by atoms with E-state index >= 15 is 0 Å². The lowest BCUT2D eigenvalue weighted by molar-refractivity contribution is 0.0679. The van der Waals surface area contributed by atoms with E-state index in [-0.39, 0.29) is 0 Å². The molecular weight excluding hydrogens is 212 g/mol. The van der Waals surface area contributed by atoms with Crippen LogP contribution in [0.1, 0.15) is 22.3 Å². The van der Waals surface area contributed by atoms with Gasteiger partial charge in [0.2, 0.25) is 0 Å². The van der Waals surface area contributed by atoms with Crippen LogP contribution in [0.15, 0.2) is 6.20 Å². The topological polar surface area (TPSA) is 79.7 Å². The van der Waals surface area contributed by atoms with Crippen LogP contribution >= 0.6 is 0 Å². The number of hydrogen-bond donors (Lipinski definition) is 2. The highest BCUT2D eigenvalue weighted by Gasteiger charge is 2.25. The van der Waals surface area contributed by atoms with E-state index in [1.807, 2.05) is 0 Å². The summed E-state index contributed by atoms with van der Waals surface area (Å²) in [6.45, 7) is 0. The summed E-state index contributed by atoms with van der Waals surface area (Å²) >= 11 is 0. The Kier molecular flexibility index (Phi) is 3.03. The highest BCUT2D eigenvalue weighted by atomic mass is 19.3. The number of halogens is 2. The van der Waals surface area contributed by atoms with Crippen molar-refractivity contribution < 1.29 is 28.5 Å². The van der Waals surface area contributed by atoms with Gasteiger partial charge in [0.05, 0.1) is 12.7 Å². The van der Waals surface area contributed by atoms with Crippen LogP contribution in [0.5, 0.6) is 11.6 Å². The number of aromatic carboxylic acids is 1. The molecule has 0 aliphatic heterocycles. The van der Waals surface area contributed by atoms with E-state index in [2.05, 4.69) is 9.72 Å². The Morgan fingerprint density at radius 1 is 1.60 bits per heavy atom. The van der Waals surface area contributed by atoms with Gasteiger partial charge in [0.25, 0.3) is 12.3 Å². The van der Waals surface area contributed by atoms with Gasteiger partial charge >= 0.3 is 5.97 Å². The Balaban J connectivity index is 3.44. The number of carboxylic acids is 1. The Morgan fingerprint density at radius 3 is 2.60 bits per heavy atom. The maximum absolute atomic E-state index is 12.3. The van der Waals surface area contributed by atoms with Gasteiger partial charge in [0.15, 0.2) is 5.75 Å². The van der Waals surface area contributed by atoms with Crippen molar-refractivity contribution in [1.82, 2.24) is 4.98 Å². The van der Waals surface area contributed by atoms with E-state index < -0.39 is 35.2 Å². The number of carboxylic acid groups (broad SMARTS) is 1. The minimum atomic E-state index is -3.03. The molecule has 7 heteroatoms. The molecule has 1 heterocycles. The Hall–Kier alpha value is -1.92. The van der Waals surface area contributed by atoms with Crippen LogP contribution in [0, 0.1) is 0 Å². The second kappa shape index (κ2) is 4.07. The number of hydrogen-bond acceptors (Lipinski definition) is 4. The number of ether oxygens (including phenoxy) is 1. The summed E-state index contributed by atoms with van der Waals surface area (Å²) in [5.41, 5.74) is -1.74. The standard InChI is InChI=1S/C8H7F2NO4/c1-15-7-5(12)4(8(13)14)3(2-11-7)6(9)10/h2,6,12H,1H3,(H,13,14). The maximum atomic E-state index is 12.3. The summed E-state index contributed by atoms with van der Waals surface area (Å²) in [5.74, 6) is -2.97. The average molecular weight is 219 g/mol. The summed E-state index contributed by atoms with van der Waals surface area (Å²) < 4.78 is 29.2. The van der Waals surface area contributed by atoms with Crippen molar-refractivity contribution >= 4 is 5.97 Å². The van der Waals surface area contributed by atoms with Crippen molar-refractivity contribution in [2.24, 2.45) is 0 Å². The second-order valence-corrected chi connectivity index (χ2v) is 2.55. The smallest absolute Gasteiger partial charge is 0.340 e. The zero-order chi connectivity index (χ0) is 11.6. The molecule has 0 fully saturated rings. The summed E-state index contributed by atoms with van der Waals surface area (Å²) in [4.78, 5) is 14.0. The molecule has 0 aliphatic rings. The predicted molar refractivity (Wildman–Crippen MR) is 44.4 cm³/mol. The molecule has 0 atom stereocenters. The van der Waals surface area contributed by atoms with E-state index in [1.165, 1.54) is 0 Å². The molecule has 0 amide bonds. The van der Waals surface area contributed by atoms with Gasteiger partial charge in [-0.15, -0.1) is 0 Å². The van der Waals surface area contributed by atoms with Crippen molar-refractivity contribution in [2.75, 3.05) is 7.11 Å². The number of aromatic hydroxyl groups is 1. The summed E-state index contributed by atoms with van der Waals surface area (Å²) in [7, 11) is 1.13. The predicted octanol–water partition coefficient (Wildman–Crippen LogP) is 1.43. The summed E-state index contributed by atoms with van der Waals surface area (Å²) in [6.07, 6.45) is -2.37. The van der Waals surface area contributed by atoms with Gasteiger partial charge in [0, 0.05) is 6.20 Å².